The molecule has 0 radical (unpaired) electrons. The van der Waals surface area contributed by atoms with E-state index in [1.165, 1.54) is 33.5 Å². The van der Waals surface area contributed by atoms with Crippen LogP contribution < -0.4 is 19.5 Å². The van der Waals surface area contributed by atoms with Gasteiger partial charge in [0.15, 0.2) is 17.3 Å². The first-order valence-corrected chi connectivity index (χ1v) is 10.3. The fourth-order valence-corrected chi connectivity index (χ4v) is 3.84. The predicted molar refractivity (Wildman–Crippen MR) is 123 cm³/mol. The van der Waals surface area contributed by atoms with E-state index in [1.807, 2.05) is 6.07 Å². The number of nitrogens with one attached hydrogen (secondary N) is 1. The van der Waals surface area contributed by atoms with Gasteiger partial charge in [0.1, 0.15) is 0 Å². The second-order valence-corrected chi connectivity index (χ2v) is 7.58. The van der Waals surface area contributed by atoms with Crippen LogP contribution in [0.4, 0.5) is 5.69 Å². The van der Waals surface area contributed by atoms with Gasteiger partial charge in [0, 0.05) is 16.1 Å². The van der Waals surface area contributed by atoms with E-state index in [-0.39, 0.29) is 16.9 Å². The number of methoxy groups -OCH3 is 3. The number of carbonyl (C=O) groups excluding carboxylic acids is 2. The summed E-state index contributed by atoms with van der Waals surface area (Å²) in [6, 6.07) is 15.0. The van der Waals surface area contributed by atoms with E-state index in [9.17, 15) is 9.59 Å². The van der Waals surface area contributed by atoms with Gasteiger partial charge < -0.3 is 19.5 Å². The predicted octanol–water partition coefficient (Wildman–Crippen LogP) is 5.61. The first-order valence-electron chi connectivity index (χ1n) is 9.10. The maximum Gasteiger partial charge on any atom is 0.257 e. The molecule has 3 aromatic carbocycles. The zero-order chi connectivity index (χ0) is 22.5. The second-order valence-electron chi connectivity index (χ2n) is 6.35. The van der Waals surface area contributed by atoms with Crippen LogP contribution in [0.15, 0.2) is 59.1 Å². The number of carbonyl (C=O) groups is 2. The van der Waals surface area contributed by atoms with Crippen LogP contribution in [0.3, 0.4) is 0 Å². The molecule has 0 aromatic heterocycles. The Morgan fingerprint density at radius 2 is 1.55 bits per heavy atom. The molecule has 0 fully saturated rings. The number of rotatable bonds is 7. The van der Waals surface area contributed by atoms with E-state index in [0.717, 1.165) is 0 Å². The van der Waals surface area contributed by atoms with Crippen LogP contribution in [-0.2, 0) is 0 Å². The largest absolute Gasteiger partial charge is 0.493 e. The van der Waals surface area contributed by atoms with Gasteiger partial charge in [-0.05, 0) is 40.2 Å². The highest BCUT2D eigenvalue weighted by Gasteiger charge is 2.24. The van der Waals surface area contributed by atoms with E-state index < -0.39 is 5.91 Å². The zero-order valence-corrected chi connectivity index (χ0v) is 19.3. The van der Waals surface area contributed by atoms with Gasteiger partial charge >= 0.3 is 0 Å². The van der Waals surface area contributed by atoms with Gasteiger partial charge in [0.25, 0.3) is 5.91 Å². The maximum atomic E-state index is 13.1. The monoisotopic (exact) mass is 503 g/mol. The Morgan fingerprint density at radius 1 is 0.871 bits per heavy atom. The molecule has 0 saturated carbocycles. The molecule has 3 rings (SSSR count). The minimum absolute atomic E-state index is 0.238. The molecule has 0 spiro atoms. The first-order chi connectivity index (χ1) is 14.9. The second kappa shape index (κ2) is 9.85. The molecule has 1 amide bonds. The van der Waals surface area contributed by atoms with Crippen molar-refractivity contribution in [1.82, 2.24) is 0 Å². The molecular formula is C23H19BrClNO5. The van der Waals surface area contributed by atoms with Crippen molar-refractivity contribution >= 4 is 44.9 Å². The summed E-state index contributed by atoms with van der Waals surface area (Å²) in [4.78, 5) is 26.1. The van der Waals surface area contributed by atoms with Crippen LogP contribution in [0.2, 0.25) is 5.02 Å². The van der Waals surface area contributed by atoms with Crippen LogP contribution in [0.25, 0.3) is 0 Å². The lowest BCUT2D eigenvalue weighted by molar-refractivity contribution is 0.102. The van der Waals surface area contributed by atoms with E-state index in [4.69, 9.17) is 25.8 Å². The smallest absolute Gasteiger partial charge is 0.257 e. The fourth-order valence-electron chi connectivity index (χ4n) is 3.03. The van der Waals surface area contributed by atoms with Gasteiger partial charge in [-0.25, -0.2) is 0 Å². The summed E-state index contributed by atoms with van der Waals surface area (Å²) in [5, 5.41) is 3.17. The van der Waals surface area contributed by atoms with Crippen LogP contribution >= 0.6 is 27.5 Å². The number of hydrogen-bond donors (Lipinski definition) is 1. The number of ether oxygens (including phenoxy) is 3. The van der Waals surface area contributed by atoms with E-state index in [1.54, 1.807) is 36.4 Å². The molecule has 0 aliphatic carbocycles. The van der Waals surface area contributed by atoms with E-state index in [0.29, 0.717) is 38.0 Å². The van der Waals surface area contributed by atoms with Crippen LogP contribution in [0.5, 0.6) is 17.2 Å². The fraction of sp³-hybridized carbons (Fsp3) is 0.130. The SMILES string of the molecule is COc1cc(C(=O)Nc2ccc(Cl)cc2C(=O)c2ccccc2)c(Br)c(OC)c1OC. The number of halogens is 2. The lowest BCUT2D eigenvalue weighted by Crippen LogP contribution is -2.16. The van der Waals surface area contributed by atoms with E-state index >= 15 is 0 Å². The van der Waals surface area contributed by atoms with Gasteiger partial charge in [0.05, 0.1) is 37.1 Å². The zero-order valence-electron chi connectivity index (χ0n) is 17.0. The third-order valence-corrected chi connectivity index (χ3v) is 5.55. The molecular weight excluding hydrogens is 486 g/mol. The lowest BCUT2D eigenvalue weighted by atomic mass is 10.0. The maximum absolute atomic E-state index is 13.1. The molecule has 0 aliphatic heterocycles. The van der Waals surface area contributed by atoms with Gasteiger partial charge in [0.2, 0.25) is 5.75 Å². The summed E-state index contributed by atoms with van der Waals surface area (Å²) in [7, 11) is 4.39. The van der Waals surface area contributed by atoms with Crippen molar-refractivity contribution in [2.75, 3.05) is 26.6 Å². The molecule has 1 N–H and O–H groups in total. The number of benzene rings is 3. The molecule has 0 heterocycles. The highest BCUT2D eigenvalue weighted by Crippen LogP contribution is 2.45. The molecule has 0 bridgehead atoms. The third kappa shape index (κ3) is 4.68. The Labute approximate surface area is 193 Å². The van der Waals surface area contributed by atoms with Gasteiger partial charge in [-0.15, -0.1) is 0 Å². The standard InChI is InChI=1S/C23H19BrClNO5/c1-29-18-12-16(19(24)22(31-3)21(18)30-2)23(28)26-17-10-9-14(25)11-15(17)20(27)13-7-5-4-6-8-13/h4-12H,1-3H3,(H,26,28). The van der Waals surface area contributed by atoms with E-state index in [2.05, 4.69) is 21.2 Å². The van der Waals surface area contributed by atoms with Crippen molar-refractivity contribution in [3.8, 4) is 17.2 Å². The van der Waals surface area contributed by atoms with Crippen LogP contribution in [0.1, 0.15) is 26.3 Å². The van der Waals surface area contributed by atoms with Crippen molar-refractivity contribution < 1.29 is 23.8 Å². The summed E-state index contributed by atoms with van der Waals surface area (Å²) in [5.41, 5.74) is 1.32. The Kier molecular flexibility index (Phi) is 7.20. The minimum Gasteiger partial charge on any atom is -0.493 e. The summed E-state index contributed by atoms with van der Waals surface area (Å²) in [5.74, 6) is 0.242. The van der Waals surface area contributed by atoms with Crippen molar-refractivity contribution in [3.05, 3.63) is 80.8 Å². The van der Waals surface area contributed by atoms with Crippen molar-refractivity contribution in [1.29, 1.82) is 0 Å². The van der Waals surface area contributed by atoms with Crippen molar-refractivity contribution in [2.45, 2.75) is 0 Å². The van der Waals surface area contributed by atoms with Gasteiger partial charge in [-0.1, -0.05) is 41.9 Å². The molecule has 3 aromatic rings. The van der Waals surface area contributed by atoms with Crippen molar-refractivity contribution in [2.24, 2.45) is 0 Å². The molecule has 31 heavy (non-hydrogen) atoms. The summed E-state index contributed by atoms with van der Waals surface area (Å²) in [6.07, 6.45) is 0. The molecule has 0 atom stereocenters. The molecule has 8 heteroatoms. The molecule has 0 unspecified atom stereocenters. The molecule has 6 nitrogen and oxygen atoms in total. The quantitative estimate of drug-likeness (QED) is 0.423. The Hall–Kier alpha value is -3.03. The topological polar surface area (TPSA) is 73.9 Å². The van der Waals surface area contributed by atoms with Crippen LogP contribution in [-0.4, -0.2) is 33.0 Å². The first kappa shape index (κ1) is 22.7. The average molecular weight is 505 g/mol. The molecule has 160 valence electrons. The lowest BCUT2D eigenvalue weighted by Gasteiger charge is -2.17. The normalized spacial score (nSPS) is 10.4. The summed E-state index contributed by atoms with van der Waals surface area (Å²) < 4.78 is 16.4. The third-order valence-electron chi connectivity index (χ3n) is 4.52. The average Bonchev–Trinajstić information content (AvgIpc) is 2.79. The highest BCUT2D eigenvalue weighted by molar-refractivity contribution is 9.10. The number of amides is 1. The Morgan fingerprint density at radius 3 is 2.16 bits per heavy atom. The Balaban J connectivity index is 2.03. The number of hydrogen-bond acceptors (Lipinski definition) is 5. The van der Waals surface area contributed by atoms with Gasteiger partial charge in [-0.2, -0.15) is 0 Å². The van der Waals surface area contributed by atoms with Crippen LogP contribution in [0, 0.1) is 0 Å². The highest BCUT2D eigenvalue weighted by atomic mass is 79.9. The van der Waals surface area contributed by atoms with Gasteiger partial charge in [-0.3, -0.25) is 9.59 Å². The summed E-state index contributed by atoms with van der Waals surface area (Å²) in [6.45, 7) is 0. The number of anilines is 1. The molecule has 0 aliphatic rings. The minimum atomic E-state index is -0.476. The molecule has 0 saturated heterocycles. The number of ketones is 1. The summed E-state index contributed by atoms with van der Waals surface area (Å²) >= 11 is 9.52. The van der Waals surface area contributed by atoms with Crippen molar-refractivity contribution in [3.63, 3.8) is 0 Å². The Bertz CT molecular complexity index is 1130.